The van der Waals surface area contributed by atoms with Gasteiger partial charge in [-0.1, -0.05) is 23.7 Å². The summed E-state index contributed by atoms with van der Waals surface area (Å²) in [7, 11) is 0. The molecule has 3 rings (SSSR count). The second-order valence-corrected chi connectivity index (χ2v) is 6.47. The van der Waals surface area contributed by atoms with Crippen LogP contribution in [0.25, 0.3) is 0 Å². The highest BCUT2D eigenvalue weighted by atomic mass is 35.5. The minimum atomic E-state index is 0.214. The number of nitrogens with zero attached hydrogens (tertiary/aromatic N) is 1. The summed E-state index contributed by atoms with van der Waals surface area (Å²) in [5, 5.41) is 0.787. The molecule has 0 unspecified atom stereocenters. The lowest BCUT2D eigenvalue weighted by Gasteiger charge is -2.34. The molecule has 21 heavy (non-hydrogen) atoms. The van der Waals surface area contributed by atoms with Crippen molar-refractivity contribution >= 4 is 17.5 Å². The topological polar surface area (TPSA) is 29.5 Å². The summed E-state index contributed by atoms with van der Waals surface area (Å²) in [5.41, 5.74) is 1.36. The predicted molar refractivity (Wildman–Crippen MR) is 83.6 cm³/mol. The van der Waals surface area contributed by atoms with Crippen molar-refractivity contribution in [2.75, 3.05) is 26.3 Å². The van der Waals surface area contributed by atoms with Crippen molar-refractivity contribution in [2.45, 2.75) is 31.6 Å². The Morgan fingerprint density at radius 1 is 1.05 bits per heavy atom. The van der Waals surface area contributed by atoms with E-state index < -0.39 is 0 Å². The first kappa shape index (κ1) is 14.9. The van der Waals surface area contributed by atoms with Crippen LogP contribution in [0, 0.1) is 5.92 Å². The van der Waals surface area contributed by atoms with Crippen LogP contribution in [0.3, 0.4) is 0 Å². The predicted octanol–water partition coefficient (Wildman–Crippen LogP) is 3.47. The number of rotatable bonds is 2. The van der Waals surface area contributed by atoms with Crippen molar-refractivity contribution in [1.29, 1.82) is 0 Å². The first-order chi connectivity index (χ1) is 10.2. The van der Waals surface area contributed by atoms with Gasteiger partial charge in [0.25, 0.3) is 0 Å². The van der Waals surface area contributed by atoms with E-state index in [4.69, 9.17) is 16.3 Å². The van der Waals surface area contributed by atoms with Gasteiger partial charge in [0, 0.05) is 24.0 Å². The van der Waals surface area contributed by atoms with E-state index in [1.54, 1.807) is 0 Å². The van der Waals surface area contributed by atoms with Gasteiger partial charge in [0.1, 0.15) is 0 Å². The Kier molecular flexibility index (Phi) is 4.81. The molecule has 1 aliphatic carbocycles. The van der Waals surface area contributed by atoms with Crippen LogP contribution < -0.4 is 0 Å². The molecule has 0 spiro atoms. The first-order valence-electron chi connectivity index (χ1n) is 7.86. The van der Waals surface area contributed by atoms with E-state index in [1.807, 2.05) is 17.0 Å². The monoisotopic (exact) mass is 307 g/mol. The van der Waals surface area contributed by atoms with Crippen molar-refractivity contribution in [3.63, 3.8) is 0 Å². The Hall–Kier alpha value is -1.06. The van der Waals surface area contributed by atoms with E-state index in [9.17, 15) is 4.79 Å². The molecule has 1 aromatic rings. The number of hydrogen-bond acceptors (Lipinski definition) is 2. The number of halogens is 1. The average Bonchev–Trinajstić information content (AvgIpc) is 2.56. The van der Waals surface area contributed by atoms with Gasteiger partial charge in [-0.3, -0.25) is 4.79 Å². The smallest absolute Gasteiger partial charge is 0.225 e. The lowest BCUT2D eigenvalue weighted by molar-refractivity contribution is -0.140. The number of benzene rings is 1. The summed E-state index contributed by atoms with van der Waals surface area (Å²) >= 11 is 5.94. The van der Waals surface area contributed by atoms with Crippen LogP contribution >= 0.6 is 11.6 Å². The third-order valence-corrected chi connectivity index (χ3v) is 4.99. The van der Waals surface area contributed by atoms with E-state index in [0.29, 0.717) is 25.0 Å². The number of amides is 1. The summed E-state index contributed by atoms with van der Waals surface area (Å²) in [4.78, 5) is 14.5. The molecule has 1 aliphatic heterocycles. The Balaban J connectivity index is 1.54. The zero-order valence-electron chi connectivity index (χ0n) is 12.3. The lowest BCUT2D eigenvalue weighted by atomic mass is 9.78. The van der Waals surface area contributed by atoms with Crippen molar-refractivity contribution in [3.8, 4) is 0 Å². The van der Waals surface area contributed by atoms with E-state index in [-0.39, 0.29) is 5.92 Å². The van der Waals surface area contributed by atoms with Crippen LogP contribution in [-0.4, -0.2) is 37.1 Å². The number of morpholine rings is 1. The molecule has 1 amide bonds. The fraction of sp³-hybridized carbons (Fsp3) is 0.588. The Morgan fingerprint density at radius 3 is 2.29 bits per heavy atom. The van der Waals surface area contributed by atoms with Crippen molar-refractivity contribution in [1.82, 2.24) is 4.90 Å². The third-order valence-electron chi connectivity index (χ3n) is 4.74. The molecule has 1 saturated heterocycles. The maximum absolute atomic E-state index is 12.5. The average molecular weight is 308 g/mol. The Morgan fingerprint density at radius 2 is 1.67 bits per heavy atom. The van der Waals surface area contributed by atoms with Gasteiger partial charge < -0.3 is 9.64 Å². The standard InChI is InChI=1S/C17H22ClNO2/c18-16-7-5-14(6-8-16)13-1-3-15(4-2-13)17(20)19-9-11-21-12-10-19/h5-8,13,15H,1-4,9-12H2. The molecule has 114 valence electrons. The largest absolute Gasteiger partial charge is 0.378 e. The third kappa shape index (κ3) is 3.58. The number of carbonyl (C=O) groups is 1. The maximum atomic E-state index is 12.5. The Labute approximate surface area is 131 Å². The molecule has 0 bridgehead atoms. The highest BCUT2D eigenvalue weighted by Crippen LogP contribution is 2.36. The minimum absolute atomic E-state index is 0.214. The highest BCUT2D eigenvalue weighted by molar-refractivity contribution is 6.30. The van der Waals surface area contributed by atoms with Crippen LogP contribution in [0.1, 0.15) is 37.2 Å². The molecule has 1 heterocycles. The molecule has 2 fully saturated rings. The van der Waals surface area contributed by atoms with Crippen molar-refractivity contribution < 1.29 is 9.53 Å². The first-order valence-corrected chi connectivity index (χ1v) is 8.24. The number of hydrogen-bond donors (Lipinski definition) is 0. The normalized spacial score (nSPS) is 26.6. The quantitative estimate of drug-likeness (QED) is 0.837. The molecule has 0 atom stereocenters. The SMILES string of the molecule is O=C(C1CCC(c2ccc(Cl)cc2)CC1)N1CCOCC1. The maximum Gasteiger partial charge on any atom is 0.225 e. The second kappa shape index (κ2) is 6.80. The molecule has 1 aromatic carbocycles. The van der Waals surface area contributed by atoms with Crippen LogP contribution in [-0.2, 0) is 9.53 Å². The second-order valence-electron chi connectivity index (χ2n) is 6.04. The molecule has 0 N–H and O–H groups in total. The van der Waals surface area contributed by atoms with E-state index in [1.165, 1.54) is 5.56 Å². The number of ether oxygens (including phenoxy) is 1. The zero-order valence-corrected chi connectivity index (χ0v) is 13.0. The molecule has 0 aromatic heterocycles. The van der Waals surface area contributed by atoms with E-state index in [0.717, 1.165) is 43.8 Å². The van der Waals surface area contributed by atoms with Crippen molar-refractivity contribution in [2.24, 2.45) is 5.92 Å². The summed E-state index contributed by atoms with van der Waals surface area (Å²) in [6.07, 6.45) is 4.21. The van der Waals surface area contributed by atoms with Gasteiger partial charge in [0.15, 0.2) is 0 Å². The highest BCUT2D eigenvalue weighted by Gasteiger charge is 2.30. The van der Waals surface area contributed by atoms with Gasteiger partial charge in [0.05, 0.1) is 13.2 Å². The van der Waals surface area contributed by atoms with E-state index >= 15 is 0 Å². The molecule has 4 heteroatoms. The van der Waals surface area contributed by atoms with Crippen molar-refractivity contribution in [3.05, 3.63) is 34.9 Å². The van der Waals surface area contributed by atoms with Gasteiger partial charge in [-0.05, 0) is 49.3 Å². The van der Waals surface area contributed by atoms with Gasteiger partial charge >= 0.3 is 0 Å². The molecule has 0 radical (unpaired) electrons. The summed E-state index contributed by atoms with van der Waals surface area (Å²) in [6, 6.07) is 8.16. The molecule has 3 nitrogen and oxygen atoms in total. The van der Waals surface area contributed by atoms with Gasteiger partial charge in [-0.25, -0.2) is 0 Å². The summed E-state index contributed by atoms with van der Waals surface area (Å²) in [5.74, 6) is 1.13. The summed E-state index contributed by atoms with van der Waals surface area (Å²) in [6.45, 7) is 2.89. The zero-order chi connectivity index (χ0) is 14.7. The van der Waals surface area contributed by atoms with Crippen LogP contribution in [0.15, 0.2) is 24.3 Å². The lowest BCUT2D eigenvalue weighted by Crippen LogP contribution is -2.44. The van der Waals surface area contributed by atoms with Gasteiger partial charge in [-0.15, -0.1) is 0 Å². The van der Waals surface area contributed by atoms with Crippen LogP contribution in [0.5, 0.6) is 0 Å². The van der Waals surface area contributed by atoms with Crippen LogP contribution in [0.2, 0.25) is 5.02 Å². The van der Waals surface area contributed by atoms with Crippen LogP contribution in [0.4, 0.5) is 0 Å². The van der Waals surface area contributed by atoms with Gasteiger partial charge in [-0.2, -0.15) is 0 Å². The fourth-order valence-corrected chi connectivity index (χ4v) is 3.58. The minimum Gasteiger partial charge on any atom is -0.378 e. The molecular weight excluding hydrogens is 286 g/mol. The summed E-state index contributed by atoms with van der Waals surface area (Å²) < 4.78 is 5.32. The van der Waals surface area contributed by atoms with E-state index in [2.05, 4.69) is 12.1 Å². The molecule has 2 aliphatic rings. The Bertz CT molecular complexity index is 474. The molecular formula is C17H22ClNO2. The van der Waals surface area contributed by atoms with Gasteiger partial charge in [0.2, 0.25) is 5.91 Å². The molecule has 1 saturated carbocycles. The number of carbonyl (C=O) groups excluding carboxylic acids is 1. The fourth-order valence-electron chi connectivity index (χ4n) is 3.45.